The second kappa shape index (κ2) is 3.97. The number of ether oxygens (including phenoxy) is 1. The van der Waals surface area contributed by atoms with Crippen LogP contribution in [0.2, 0.25) is 0 Å². The lowest BCUT2D eigenvalue weighted by Crippen LogP contribution is -2.71. The van der Waals surface area contributed by atoms with Crippen LogP contribution < -0.4 is 5.32 Å². The fourth-order valence-electron chi connectivity index (χ4n) is 4.01. The van der Waals surface area contributed by atoms with Crippen molar-refractivity contribution < 1.29 is 9.84 Å². The monoisotopic (exact) mass is 225 g/mol. The quantitative estimate of drug-likeness (QED) is 0.758. The van der Waals surface area contributed by atoms with E-state index in [2.05, 4.69) is 5.32 Å². The van der Waals surface area contributed by atoms with Crippen molar-refractivity contribution in [3.8, 4) is 0 Å². The van der Waals surface area contributed by atoms with Gasteiger partial charge in [0.25, 0.3) is 0 Å². The molecule has 0 aromatic carbocycles. The van der Waals surface area contributed by atoms with E-state index in [9.17, 15) is 5.11 Å². The van der Waals surface area contributed by atoms with Crippen molar-refractivity contribution in [2.75, 3.05) is 13.2 Å². The third-order valence-electron chi connectivity index (χ3n) is 4.96. The Morgan fingerprint density at radius 1 is 1.50 bits per heavy atom. The van der Waals surface area contributed by atoms with Crippen LogP contribution in [0.15, 0.2) is 0 Å². The van der Waals surface area contributed by atoms with Crippen molar-refractivity contribution in [2.45, 2.75) is 57.3 Å². The number of aliphatic hydroxyl groups is 1. The summed E-state index contributed by atoms with van der Waals surface area (Å²) in [6, 6.07) is 0.674. The van der Waals surface area contributed by atoms with E-state index in [0.29, 0.717) is 17.6 Å². The van der Waals surface area contributed by atoms with Gasteiger partial charge in [0.15, 0.2) is 0 Å². The molecule has 0 aromatic heterocycles. The van der Waals surface area contributed by atoms with Crippen LogP contribution in [0.5, 0.6) is 0 Å². The number of rotatable bonds is 4. The molecule has 0 aromatic rings. The Balaban J connectivity index is 1.57. The highest BCUT2D eigenvalue weighted by Gasteiger charge is 2.66. The van der Waals surface area contributed by atoms with Gasteiger partial charge in [0.1, 0.15) is 0 Å². The van der Waals surface area contributed by atoms with Gasteiger partial charge >= 0.3 is 0 Å². The molecule has 3 rings (SSSR count). The lowest BCUT2D eigenvalue weighted by atomic mass is 9.46. The highest BCUT2D eigenvalue weighted by atomic mass is 16.5. The van der Waals surface area contributed by atoms with Gasteiger partial charge in [0.05, 0.1) is 12.2 Å². The van der Waals surface area contributed by atoms with E-state index in [4.69, 9.17) is 4.74 Å². The second-order valence-electron chi connectivity index (χ2n) is 5.90. The third kappa shape index (κ3) is 1.45. The van der Waals surface area contributed by atoms with Crippen LogP contribution >= 0.6 is 0 Å². The Morgan fingerprint density at radius 3 is 2.94 bits per heavy atom. The Morgan fingerprint density at radius 2 is 2.31 bits per heavy atom. The molecule has 2 N–H and O–H groups in total. The number of nitrogens with one attached hydrogen (secondary N) is 1. The molecule has 3 nitrogen and oxygen atoms in total. The van der Waals surface area contributed by atoms with Crippen molar-refractivity contribution in [2.24, 2.45) is 11.3 Å². The summed E-state index contributed by atoms with van der Waals surface area (Å²) in [6.07, 6.45) is 6.55. The Labute approximate surface area is 97.6 Å². The van der Waals surface area contributed by atoms with E-state index in [1.165, 1.54) is 25.7 Å². The molecule has 4 unspecified atom stereocenters. The van der Waals surface area contributed by atoms with E-state index in [0.717, 1.165) is 25.5 Å². The Hall–Kier alpha value is -0.120. The van der Waals surface area contributed by atoms with E-state index in [1.54, 1.807) is 0 Å². The lowest BCUT2D eigenvalue weighted by Gasteiger charge is -2.63. The van der Waals surface area contributed by atoms with Crippen molar-refractivity contribution in [1.82, 2.24) is 5.32 Å². The van der Waals surface area contributed by atoms with Gasteiger partial charge in [0.2, 0.25) is 0 Å². The normalized spacial score (nSPS) is 41.2. The molecular weight excluding hydrogens is 202 g/mol. The first-order chi connectivity index (χ1) is 7.74. The Bertz CT molecular complexity index is 263. The molecule has 1 spiro atoms. The minimum atomic E-state index is -0.180. The SMILES string of the molecule is CC(O)CCNC1C2CCOC2C12CCC2. The smallest absolute Gasteiger partial charge is 0.0690 e. The molecule has 16 heavy (non-hydrogen) atoms. The summed E-state index contributed by atoms with van der Waals surface area (Å²) in [5.41, 5.74) is 0.486. The van der Waals surface area contributed by atoms with Gasteiger partial charge in [-0.1, -0.05) is 6.42 Å². The van der Waals surface area contributed by atoms with E-state index < -0.39 is 0 Å². The Kier molecular flexibility index (Phi) is 2.73. The topological polar surface area (TPSA) is 41.5 Å². The number of hydrogen-bond donors (Lipinski definition) is 2. The molecule has 0 bridgehead atoms. The van der Waals surface area contributed by atoms with Gasteiger partial charge in [0, 0.05) is 24.0 Å². The maximum Gasteiger partial charge on any atom is 0.0690 e. The van der Waals surface area contributed by atoms with Crippen LogP contribution in [0.1, 0.15) is 39.0 Å². The zero-order chi connectivity index (χ0) is 11.2. The average molecular weight is 225 g/mol. The van der Waals surface area contributed by atoms with Crippen LogP contribution in [0.4, 0.5) is 0 Å². The minimum absolute atomic E-state index is 0.180. The number of fused-ring (bicyclic) bond motifs is 2. The largest absolute Gasteiger partial charge is 0.393 e. The molecule has 3 fully saturated rings. The summed E-state index contributed by atoms with van der Waals surface area (Å²) in [5.74, 6) is 0.759. The molecule has 2 saturated carbocycles. The third-order valence-corrected chi connectivity index (χ3v) is 4.96. The van der Waals surface area contributed by atoms with Gasteiger partial charge in [-0.05, 0) is 39.2 Å². The van der Waals surface area contributed by atoms with Gasteiger partial charge in [-0.15, -0.1) is 0 Å². The molecule has 4 atom stereocenters. The zero-order valence-electron chi connectivity index (χ0n) is 10.1. The molecular formula is C13H23NO2. The predicted molar refractivity (Wildman–Crippen MR) is 62.2 cm³/mol. The number of hydrogen-bond acceptors (Lipinski definition) is 3. The maximum atomic E-state index is 9.28. The summed E-state index contributed by atoms with van der Waals surface area (Å²) >= 11 is 0. The van der Waals surface area contributed by atoms with E-state index in [-0.39, 0.29) is 6.10 Å². The summed E-state index contributed by atoms with van der Waals surface area (Å²) in [6.45, 7) is 3.78. The number of aliphatic hydroxyl groups excluding tert-OH is 1. The van der Waals surface area contributed by atoms with Gasteiger partial charge in [-0.2, -0.15) is 0 Å². The molecule has 3 heteroatoms. The fourth-order valence-corrected chi connectivity index (χ4v) is 4.01. The standard InChI is InChI=1S/C13H23NO2/c1-9(15)3-7-14-11-10-4-8-16-12(10)13(11)5-2-6-13/h9-12,14-15H,2-8H2,1H3. The second-order valence-corrected chi connectivity index (χ2v) is 5.90. The van der Waals surface area contributed by atoms with E-state index in [1.807, 2.05) is 6.92 Å². The van der Waals surface area contributed by atoms with Crippen LogP contribution in [0.25, 0.3) is 0 Å². The molecule has 1 aliphatic heterocycles. The van der Waals surface area contributed by atoms with Crippen molar-refractivity contribution >= 4 is 0 Å². The molecule has 0 radical (unpaired) electrons. The summed E-state index contributed by atoms with van der Waals surface area (Å²) in [5, 5.41) is 13.0. The minimum Gasteiger partial charge on any atom is -0.393 e. The molecule has 1 saturated heterocycles. The summed E-state index contributed by atoms with van der Waals surface area (Å²) in [7, 11) is 0. The van der Waals surface area contributed by atoms with Crippen molar-refractivity contribution in [3.05, 3.63) is 0 Å². The molecule has 3 aliphatic rings. The molecule has 92 valence electrons. The lowest BCUT2D eigenvalue weighted by molar-refractivity contribution is -0.176. The van der Waals surface area contributed by atoms with Crippen LogP contribution in [0.3, 0.4) is 0 Å². The van der Waals surface area contributed by atoms with Crippen LogP contribution in [0, 0.1) is 11.3 Å². The van der Waals surface area contributed by atoms with Crippen LogP contribution in [-0.4, -0.2) is 36.5 Å². The molecule has 2 aliphatic carbocycles. The molecule has 0 amide bonds. The molecule has 1 heterocycles. The average Bonchev–Trinajstić information content (AvgIpc) is 2.55. The van der Waals surface area contributed by atoms with Gasteiger partial charge in [-0.3, -0.25) is 0 Å². The highest BCUT2D eigenvalue weighted by molar-refractivity contribution is 5.18. The van der Waals surface area contributed by atoms with Crippen molar-refractivity contribution in [3.63, 3.8) is 0 Å². The first-order valence-electron chi connectivity index (χ1n) is 6.77. The first kappa shape index (κ1) is 11.0. The van der Waals surface area contributed by atoms with Crippen LogP contribution in [-0.2, 0) is 4.74 Å². The predicted octanol–water partition coefficient (Wildman–Crippen LogP) is 1.30. The summed E-state index contributed by atoms with van der Waals surface area (Å²) < 4.78 is 5.88. The van der Waals surface area contributed by atoms with E-state index >= 15 is 0 Å². The fraction of sp³-hybridized carbons (Fsp3) is 1.00. The van der Waals surface area contributed by atoms with Gasteiger partial charge < -0.3 is 15.2 Å². The highest BCUT2D eigenvalue weighted by Crippen LogP contribution is 2.62. The zero-order valence-corrected chi connectivity index (χ0v) is 10.1. The van der Waals surface area contributed by atoms with Crippen molar-refractivity contribution in [1.29, 1.82) is 0 Å². The summed E-state index contributed by atoms with van der Waals surface area (Å²) in [4.78, 5) is 0. The first-order valence-corrected chi connectivity index (χ1v) is 6.77. The maximum absolute atomic E-state index is 9.28. The van der Waals surface area contributed by atoms with Gasteiger partial charge in [-0.25, -0.2) is 0 Å².